The van der Waals surface area contributed by atoms with Crippen molar-refractivity contribution in [1.82, 2.24) is 5.32 Å². The summed E-state index contributed by atoms with van der Waals surface area (Å²) in [6.07, 6.45) is 4.47. The number of carbonyl (C=O) groups excluding carboxylic acids is 1. The lowest BCUT2D eigenvalue weighted by atomic mass is 9.52. The first-order chi connectivity index (χ1) is 12.2. The fourth-order valence-corrected chi connectivity index (χ4v) is 5.24. The average molecular weight is 358 g/mol. The van der Waals surface area contributed by atoms with E-state index in [0.29, 0.717) is 30.7 Å². The van der Waals surface area contributed by atoms with Gasteiger partial charge in [-0.25, -0.2) is 0 Å². The van der Waals surface area contributed by atoms with Crippen molar-refractivity contribution in [2.45, 2.75) is 71.3 Å². The number of hydrogen-bond donors (Lipinski definition) is 2. The number of amides is 1. The Kier molecular flexibility index (Phi) is 5.48. The number of aliphatic hydroxyl groups excluding tert-OH is 1. The summed E-state index contributed by atoms with van der Waals surface area (Å²) >= 11 is 0. The molecule has 0 aliphatic heterocycles. The van der Waals surface area contributed by atoms with E-state index in [1.807, 2.05) is 0 Å². The molecule has 2 aliphatic carbocycles. The molecule has 26 heavy (non-hydrogen) atoms. The maximum Gasteiger partial charge on any atom is 0.220 e. The van der Waals surface area contributed by atoms with Gasteiger partial charge in [0, 0.05) is 18.4 Å². The molecule has 2 fully saturated rings. The van der Waals surface area contributed by atoms with Crippen LogP contribution in [0.15, 0.2) is 30.3 Å². The van der Waals surface area contributed by atoms with Crippen molar-refractivity contribution in [3.8, 4) is 0 Å². The van der Waals surface area contributed by atoms with Crippen molar-refractivity contribution in [2.24, 2.45) is 23.2 Å². The molecule has 144 valence electrons. The highest BCUT2D eigenvalue weighted by molar-refractivity contribution is 5.77. The molecule has 0 radical (unpaired) electrons. The van der Waals surface area contributed by atoms with Crippen molar-refractivity contribution < 1.29 is 9.90 Å². The molecule has 5 atom stereocenters. The molecule has 1 aromatic carbocycles. The van der Waals surface area contributed by atoms with Gasteiger partial charge in [0.1, 0.15) is 0 Å². The number of rotatable bonds is 4. The molecule has 1 aromatic rings. The third-order valence-electron chi connectivity index (χ3n) is 6.69. The minimum atomic E-state index is -0.172. The lowest BCUT2D eigenvalue weighted by molar-refractivity contribution is -0.125. The molecule has 3 nitrogen and oxygen atoms in total. The van der Waals surface area contributed by atoms with Gasteiger partial charge in [0.15, 0.2) is 0 Å². The smallest absolute Gasteiger partial charge is 0.220 e. The first kappa shape index (κ1) is 19.4. The first-order valence-corrected chi connectivity index (χ1v) is 10.2. The molecule has 2 saturated carbocycles. The topological polar surface area (TPSA) is 49.3 Å². The van der Waals surface area contributed by atoms with Gasteiger partial charge in [0.2, 0.25) is 5.91 Å². The average Bonchev–Trinajstić information content (AvgIpc) is 2.60. The van der Waals surface area contributed by atoms with E-state index in [0.717, 1.165) is 25.7 Å². The third kappa shape index (κ3) is 3.98. The van der Waals surface area contributed by atoms with Crippen LogP contribution in [-0.2, 0) is 10.2 Å². The normalized spacial score (nSPS) is 34.3. The maximum atomic E-state index is 12.9. The highest BCUT2D eigenvalue weighted by Crippen LogP contribution is 2.54. The van der Waals surface area contributed by atoms with Crippen LogP contribution in [0.1, 0.15) is 65.4 Å². The zero-order valence-corrected chi connectivity index (χ0v) is 16.8. The third-order valence-corrected chi connectivity index (χ3v) is 6.69. The maximum absolute atomic E-state index is 12.9. The van der Waals surface area contributed by atoms with Crippen molar-refractivity contribution in [1.29, 1.82) is 0 Å². The van der Waals surface area contributed by atoms with Gasteiger partial charge in [-0.3, -0.25) is 4.79 Å². The zero-order chi connectivity index (χ0) is 18.9. The van der Waals surface area contributed by atoms with Crippen molar-refractivity contribution in [2.75, 3.05) is 6.54 Å². The van der Waals surface area contributed by atoms with Crippen LogP contribution in [-0.4, -0.2) is 23.7 Å². The van der Waals surface area contributed by atoms with E-state index in [1.54, 1.807) is 0 Å². The van der Waals surface area contributed by atoms with Crippen LogP contribution in [0, 0.1) is 23.2 Å². The molecular formula is C23H35NO2. The molecule has 3 heteroatoms. The fourth-order valence-electron chi connectivity index (χ4n) is 5.24. The van der Waals surface area contributed by atoms with Crippen LogP contribution in [0.2, 0.25) is 0 Å². The van der Waals surface area contributed by atoms with Gasteiger partial charge in [-0.15, -0.1) is 0 Å². The van der Waals surface area contributed by atoms with Crippen molar-refractivity contribution in [3.63, 3.8) is 0 Å². The predicted molar refractivity (Wildman–Crippen MR) is 106 cm³/mol. The Morgan fingerprint density at radius 2 is 1.92 bits per heavy atom. The van der Waals surface area contributed by atoms with Crippen LogP contribution >= 0.6 is 0 Å². The van der Waals surface area contributed by atoms with Gasteiger partial charge >= 0.3 is 0 Å². The molecule has 2 N–H and O–H groups in total. The number of nitrogens with one attached hydrogen (secondary N) is 1. The predicted octanol–water partition coefficient (Wildman–Crippen LogP) is 4.29. The quantitative estimate of drug-likeness (QED) is 0.844. The van der Waals surface area contributed by atoms with Gasteiger partial charge in [0.05, 0.1) is 6.10 Å². The molecule has 1 amide bonds. The van der Waals surface area contributed by atoms with Crippen LogP contribution in [0.5, 0.6) is 0 Å². The van der Waals surface area contributed by atoms with E-state index < -0.39 is 0 Å². The minimum Gasteiger partial charge on any atom is -0.393 e. The van der Waals surface area contributed by atoms with Gasteiger partial charge in [-0.2, -0.15) is 0 Å². The molecule has 0 saturated heterocycles. The SMILES string of the molecule is CC1CC2CC(CC[C@]2(CC(=O)NCC(C)(C)C)c2ccccc2)[C@H]1O. The minimum absolute atomic E-state index is 0.0892. The Hall–Kier alpha value is -1.35. The van der Waals surface area contributed by atoms with Crippen LogP contribution < -0.4 is 5.32 Å². The summed E-state index contributed by atoms with van der Waals surface area (Å²) in [4.78, 5) is 12.9. The standard InChI is InChI=1S/C23H35NO2/c1-16-12-19-13-17(21(16)26)10-11-23(19,18-8-6-5-7-9-18)14-20(25)24-15-22(2,3)4/h5-9,16-17,19,21,26H,10-15H2,1-4H3,(H,24,25)/t16?,17?,19?,21-,23-/m0/s1. The zero-order valence-electron chi connectivity index (χ0n) is 16.8. The van der Waals surface area contributed by atoms with Crippen LogP contribution in [0.4, 0.5) is 0 Å². The molecule has 0 spiro atoms. The molecule has 3 rings (SSSR count). The summed E-state index contributed by atoms with van der Waals surface area (Å²) in [7, 11) is 0. The fraction of sp³-hybridized carbons (Fsp3) is 0.696. The Morgan fingerprint density at radius 1 is 1.23 bits per heavy atom. The van der Waals surface area contributed by atoms with E-state index in [9.17, 15) is 9.90 Å². The van der Waals surface area contributed by atoms with Crippen LogP contribution in [0.25, 0.3) is 0 Å². The van der Waals surface area contributed by atoms with E-state index >= 15 is 0 Å². The second kappa shape index (κ2) is 7.34. The van der Waals surface area contributed by atoms with E-state index in [4.69, 9.17) is 0 Å². The lowest BCUT2D eigenvalue weighted by Crippen LogP contribution is -2.51. The van der Waals surface area contributed by atoms with Gasteiger partial charge in [0.25, 0.3) is 0 Å². The molecule has 3 unspecified atom stereocenters. The highest BCUT2D eigenvalue weighted by atomic mass is 16.3. The lowest BCUT2D eigenvalue weighted by Gasteiger charge is -2.53. The van der Waals surface area contributed by atoms with Gasteiger partial charge in [-0.05, 0) is 54.4 Å². The Balaban J connectivity index is 1.86. The molecule has 0 heterocycles. The second-order valence-corrected chi connectivity index (χ2v) is 9.97. The molecule has 2 aliphatic rings. The van der Waals surface area contributed by atoms with E-state index in [2.05, 4.69) is 63.3 Å². The Morgan fingerprint density at radius 3 is 2.58 bits per heavy atom. The number of aliphatic hydroxyl groups is 1. The molecule has 0 aromatic heterocycles. The summed E-state index contributed by atoms with van der Waals surface area (Å²) in [5, 5.41) is 13.7. The summed E-state index contributed by atoms with van der Waals surface area (Å²) < 4.78 is 0. The summed E-state index contributed by atoms with van der Waals surface area (Å²) in [5.74, 6) is 1.36. The summed E-state index contributed by atoms with van der Waals surface area (Å²) in [5.41, 5.74) is 1.31. The van der Waals surface area contributed by atoms with Crippen LogP contribution in [0.3, 0.4) is 0 Å². The molecular weight excluding hydrogens is 322 g/mol. The second-order valence-electron chi connectivity index (χ2n) is 9.97. The first-order valence-electron chi connectivity index (χ1n) is 10.2. The van der Waals surface area contributed by atoms with Crippen molar-refractivity contribution >= 4 is 5.91 Å². The Bertz CT molecular complexity index is 619. The summed E-state index contributed by atoms with van der Waals surface area (Å²) in [6, 6.07) is 10.6. The van der Waals surface area contributed by atoms with E-state index in [1.165, 1.54) is 5.56 Å². The number of benzene rings is 1. The van der Waals surface area contributed by atoms with E-state index in [-0.39, 0.29) is 22.8 Å². The number of fused-ring (bicyclic) bond motifs is 2. The van der Waals surface area contributed by atoms with Crippen molar-refractivity contribution in [3.05, 3.63) is 35.9 Å². The number of hydrogen-bond acceptors (Lipinski definition) is 2. The Labute approximate surface area is 158 Å². The summed E-state index contributed by atoms with van der Waals surface area (Å²) in [6.45, 7) is 9.32. The number of carbonyl (C=O) groups is 1. The van der Waals surface area contributed by atoms with Gasteiger partial charge in [-0.1, -0.05) is 58.0 Å². The van der Waals surface area contributed by atoms with Gasteiger partial charge < -0.3 is 10.4 Å². The molecule has 2 bridgehead atoms. The monoisotopic (exact) mass is 357 g/mol. The highest BCUT2D eigenvalue weighted by Gasteiger charge is 2.51. The largest absolute Gasteiger partial charge is 0.393 e.